The number of hydrogen-bond donors (Lipinski definition) is 1. The van der Waals surface area contributed by atoms with Gasteiger partial charge in [-0.2, -0.15) is 0 Å². The maximum absolute atomic E-state index is 14.4. The highest BCUT2D eigenvalue weighted by molar-refractivity contribution is 8.14. The number of esters is 1. The lowest BCUT2D eigenvalue weighted by atomic mass is 9.97. The summed E-state index contributed by atoms with van der Waals surface area (Å²) >= 11 is 1.12. The van der Waals surface area contributed by atoms with Gasteiger partial charge in [0.15, 0.2) is 11.6 Å². The van der Waals surface area contributed by atoms with Crippen LogP contribution in [0, 0.1) is 11.7 Å². The molecular formula is C16H12FN3O6S. The number of cyclic esters (lactones) is 2. The molecule has 11 heteroatoms. The van der Waals surface area contributed by atoms with Crippen molar-refractivity contribution in [3.63, 3.8) is 0 Å². The van der Waals surface area contributed by atoms with Gasteiger partial charge in [-0.3, -0.25) is 24.6 Å². The first-order valence-electron chi connectivity index (χ1n) is 7.95. The Morgan fingerprint density at radius 2 is 2.11 bits per heavy atom. The van der Waals surface area contributed by atoms with E-state index < -0.39 is 29.7 Å². The van der Waals surface area contributed by atoms with E-state index in [9.17, 15) is 23.6 Å². The van der Waals surface area contributed by atoms with Crippen LogP contribution >= 0.6 is 11.8 Å². The van der Waals surface area contributed by atoms with Crippen molar-refractivity contribution in [2.24, 2.45) is 5.92 Å². The van der Waals surface area contributed by atoms with E-state index in [0.717, 1.165) is 17.8 Å². The number of anilines is 1. The van der Waals surface area contributed by atoms with Gasteiger partial charge in [0.2, 0.25) is 11.5 Å². The molecule has 0 bridgehead atoms. The zero-order valence-corrected chi connectivity index (χ0v) is 14.7. The summed E-state index contributed by atoms with van der Waals surface area (Å²) in [5.74, 6) is -3.10. The Morgan fingerprint density at radius 1 is 1.33 bits per heavy atom. The number of fused-ring (bicyclic) bond motifs is 1. The minimum absolute atomic E-state index is 0.128. The Morgan fingerprint density at radius 3 is 2.78 bits per heavy atom. The van der Waals surface area contributed by atoms with Crippen LogP contribution in [-0.4, -0.2) is 40.2 Å². The van der Waals surface area contributed by atoms with Crippen molar-refractivity contribution >= 4 is 51.8 Å². The van der Waals surface area contributed by atoms with E-state index in [1.807, 2.05) is 12.2 Å². The summed E-state index contributed by atoms with van der Waals surface area (Å²) in [7, 11) is 0. The third-order valence-electron chi connectivity index (χ3n) is 4.34. The molecule has 2 aromatic rings. The number of aromatic nitrogens is 1. The molecule has 3 heterocycles. The number of nitrogens with one attached hydrogen (secondary N) is 1. The molecule has 1 N–H and O–H groups in total. The van der Waals surface area contributed by atoms with E-state index in [1.54, 1.807) is 0 Å². The molecule has 2 fully saturated rings. The summed E-state index contributed by atoms with van der Waals surface area (Å²) in [5, 5.41) is 5.75. The van der Waals surface area contributed by atoms with Crippen molar-refractivity contribution in [3.05, 3.63) is 23.5 Å². The molecule has 0 aliphatic carbocycles. The van der Waals surface area contributed by atoms with E-state index in [2.05, 4.69) is 9.89 Å². The maximum atomic E-state index is 14.4. The average molecular weight is 393 g/mol. The fourth-order valence-electron chi connectivity index (χ4n) is 3.04. The van der Waals surface area contributed by atoms with Gasteiger partial charge in [0.25, 0.3) is 5.24 Å². The Bertz CT molecular complexity index is 985. The Hall–Kier alpha value is -2.95. The molecule has 0 saturated carbocycles. The lowest BCUT2D eigenvalue weighted by Gasteiger charge is -2.19. The zero-order valence-electron chi connectivity index (χ0n) is 13.9. The molecule has 1 aromatic carbocycles. The number of carbonyl (C=O) groups excluding carboxylic acids is 4. The lowest BCUT2D eigenvalue weighted by molar-refractivity contribution is -0.150. The lowest BCUT2D eigenvalue weighted by Crippen LogP contribution is -2.48. The second-order valence-electron chi connectivity index (χ2n) is 6.21. The van der Waals surface area contributed by atoms with Gasteiger partial charge in [-0.1, -0.05) is 16.9 Å². The molecule has 2 saturated heterocycles. The summed E-state index contributed by atoms with van der Waals surface area (Å²) in [5.41, 5.74) is 0.166. The van der Waals surface area contributed by atoms with Gasteiger partial charge in [-0.05, 0) is 31.0 Å². The largest absolute Gasteiger partial charge is 0.421 e. The van der Waals surface area contributed by atoms with E-state index in [1.165, 1.54) is 11.0 Å². The monoisotopic (exact) mass is 393 g/mol. The smallest absolute Gasteiger partial charge is 0.375 e. The minimum atomic E-state index is -1.29. The Labute approximate surface area is 155 Å². The highest BCUT2D eigenvalue weighted by atomic mass is 32.2. The summed E-state index contributed by atoms with van der Waals surface area (Å²) in [6, 6.07) is 2.47. The first-order valence-corrected chi connectivity index (χ1v) is 8.94. The van der Waals surface area contributed by atoms with E-state index >= 15 is 0 Å². The van der Waals surface area contributed by atoms with Crippen molar-refractivity contribution in [2.45, 2.75) is 19.4 Å². The van der Waals surface area contributed by atoms with Gasteiger partial charge in [0, 0.05) is 11.8 Å². The van der Waals surface area contributed by atoms with Gasteiger partial charge >= 0.3 is 12.1 Å². The normalized spacial score (nSPS) is 23.1. The van der Waals surface area contributed by atoms with E-state index in [-0.39, 0.29) is 34.5 Å². The van der Waals surface area contributed by atoms with Crippen LogP contribution < -0.4 is 10.2 Å². The summed E-state index contributed by atoms with van der Waals surface area (Å²) < 4.78 is 23.9. The average Bonchev–Trinajstić information content (AvgIpc) is 3.14. The van der Waals surface area contributed by atoms with Crippen LogP contribution in [0.25, 0.3) is 11.0 Å². The second-order valence-corrected chi connectivity index (χ2v) is 7.18. The predicted molar refractivity (Wildman–Crippen MR) is 90.6 cm³/mol. The molecule has 27 heavy (non-hydrogen) atoms. The van der Waals surface area contributed by atoms with Crippen LogP contribution in [0.4, 0.5) is 19.8 Å². The van der Waals surface area contributed by atoms with Crippen LogP contribution in [0.2, 0.25) is 0 Å². The Balaban J connectivity index is 1.72. The number of rotatable bonds is 3. The quantitative estimate of drug-likeness (QED) is 0.621. The molecule has 1 aromatic heterocycles. The molecule has 140 valence electrons. The molecule has 9 nitrogen and oxygen atoms in total. The fraction of sp³-hybridized carbons (Fsp3) is 0.312. The SMILES string of the molecule is C[C@H]1CSC(=O)N1c1noc2c(F)cc(CC3C(=O)NC(=O)OC3=O)cc12. The van der Waals surface area contributed by atoms with Gasteiger partial charge in [-0.15, -0.1) is 0 Å². The number of carbonyl (C=O) groups is 4. The highest BCUT2D eigenvalue weighted by Crippen LogP contribution is 2.36. The fourth-order valence-corrected chi connectivity index (χ4v) is 3.98. The van der Waals surface area contributed by atoms with Crippen molar-refractivity contribution in [3.8, 4) is 0 Å². The van der Waals surface area contributed by atoms with Gasteiger partial charge in [0.1, 0.15) is 5.92 Å². The summed E-state index contributed by atoms with van der Waals surface area (Å²) in [4.78, 5) is 48.2. The van der Waals surface area contributed by atoms with Crippen molar-refractivity contribution in [1.82, 2.24) is 10.5 Å². The molecule has 2 aliphatic rings. The number of benzene rings is 1. The second kappa shape index (κ2) is 6.34. The summed E-state index contributed by atoms with van der Waals surface area (Å²) in [6.07, 6.45) is -1.32. The van der Waals surface area contributed by atoms with E-state index in [4.69, 9.17) is 4.52 Å². The molecule has 3 amide bonds. The van der Waals surface area contributed by atoms with Gasteiger partial charge < -0.3 is 9.26 Å². The van der Waals surface area contributed by atoms with Crippen LogP contribution in [0.3, 0.4) is 0 Å². The van der Waals surface area contributed by atoms with Crippen LogP contribution in [0.1, 0.15) is 12.5 Å². The number of nitrogens with zero attached hydrogens (tertiary/aromatic N) is 2. The topological polar surface area (TPSA) is 119 Å². The summed E-state index contributed by atoms with van der Waals surface area (Å²) in [6.45, 7) is 1.83. The van der Waals surface area contributed by atoms with Crippen molar-refractivity contribution < 1.29 is 32.8 Å². The third kappa shape index (κ3) is 2.93. The number of alkyl carbamates (subject to hydrolysis) is 1. The molecular weight excluding hydrogens is 381 g/mol. The minimum Gasteiger partial charge on any atom is -0.375 e. The number of amides is 3. The van der Waals surface area contributed by atoms with Gasteiger partial charge in [-0.25, -0.2) is 9.18 Å². The number of thioether (sulfide) groups is 1. The van der Waals surface area contributed by atoms with Crippen LogP contribution in [-0.2, 0) is 20.7 Å². The highest BCUT2D eigenvalue weighted by Gasteiger charge is 2.37. The number of ether oxygens (including phenoxy) is 1. The third-order valence-corrected chi connectivity index (χ3v) is 5.43. The number of halogens is 1. The van der Waals surface area contributed by atoms with E-state index in [0.29, 0.717) is 11.3 Å². The molecule has 1 unspecified atom stereocenters. The predicted octanol–water partition coefficient (Wildman–Crippen LogP) is 1.98. The molecule has 2 atom stereocenters. The van der Waals surface area contributed by atoms with Crippen molar-refractivity contribution in [1.29, 1.82) is 0 Å². The molecule has 4 rings (SSSR count). The molecule has 0 radical (unpaired) electrons. The van der Waals surface area contributed by atoms with Gasteiger partial charge in [0.05, 0.1) is 5.39 Å². The van der Waals surface area contributed by atoms with Crippen LogP contribution in [0.5, 0.6) is 0 Å². The maximum Gasteiger partial charge on any atom is 0.421 e. The van der Waals surface area contributed by atoms with Crippen LogP contribution in [0.15, 0.2) is 16.7 Å². The molecule has 0 spiro atoms. The number of hydrogen-bond acceptors (Lipinski definition) is 8. The first kappa shape index (κ1) is 17.5. The molecule has 2 aliphatic heterocycles. The number of imide groups is 1. The Kier molecular flexibility index (Phi) is 4.10. The zero-order chi connectivity index (χ0) is 19.3. The van der Waals surface area contributed by atoms with Crippen molar-refractivity contribution in [2.75, 3.05) is 10.7 Å². The first-order chi connectivity index (χ1) is 12.8. The standard InChI is InChI=1S/C16H12FN3O6S/c1-6-5-27-16(24)20(6)12-8-2-7(4-10(17)11(8)26-19-12)3-9-13(21)18-15(23)25-14(9)22/h2,4,6,9H,3,5H2,1H3,(H,18,21,23)/t6-,9?/m0/s1.